The van der Waals surface area contributed by atoms with Crippen molar-refractivity contribution in [1.29, 1.82) is 0 Å². The fourth-order valence-corrected chi connectivity index (χ4v) is 2.83. The molecule has 0 spiro atoms. The predicted octanol–water partition coefficient (Wildman–Crippen LogP) is 5.60. The molecule has 0 aliphatic rings. The van der Waals surface area contributed by atoms with Gasteiger partial charge in [0.1, 0.15) is 11.5 Å². The van der Waals surface area contributed by atoms with Gasteiger partial charge in [0.25, 0.3) is 0 Å². The molecule has 0 radical (unpaired) electrons. The number of hydrogen-bond donors (Lipinski definition) is 0. The summed E-state index contributed by atoms with van der Waals surface area (Å²) >= 11 is 3.59. The van der Waals surface area contributed by atoms with E-state index in [2.05, 4.69) is 15.9 Å². The van der Waals surface area contributed by atoms with Crippen LogP contribution in [0, 0.1) is 0 Å². The highest BCUT2D eigenvalue weighted by Crippen LogP contribution is 2.36. The van der Waals surface area contributed by atoms with Crippen LogP contribution in [0.15, 0.2) is 65.1 Å². The topological polar surface area (TPSA) is 26.3 Å². The monoisotopic (exact) mass is 340 g/mol. The van der Waals surface area contributed by atoms with Crippen molar-refractivity contribution in [2.75, 3.05) is 0 Å². The molecular weight excluding hydrogens is 328 g/mol. The molecule has 0 aliphatic carbocycles. The summed E-state index contributed by atoms with van der Waals surface area (Å²) in [5.74, 6) is 1.26. The normalized spacial score (nSPS) is 10.6. The van der Waals surface area contributed by atoms with Crippen LogP contribution in [0.1, 0.15) is 17.3 Å². The van der Waals surface area contributed by atoms with Crippen molar-refractivity contribution in [3.8, 4) is 11.5 Å². The van der Waals surface area contributed by atoms with Crippen molar-refractivity contribution in [3.05, 3.63) is 70.7 Å². The number of para-hydroxylation sites is 1. The maximum atomic E-state index is 11.7. The Kier molecular flexibility index (Phi) is 3.76. The summed E-state index contributed by atoms with van der Waals surface area (Å²) in [5, 5.41) is 2.21. The van der Waals surface area contributed by atoms with Crippen LogP contribution in [-0.4, -0.2) is 5.78 Å². The van der Waals surface area contributed by atoms with Gasteiger partial charge < -0.3 is 4.74 Å². The van der Waals surface area contributed by atoms with Gasteiger partial charge >= 0.3 is 0 Å². The van der Waals surface area contributed by atoms with Gasteiger partial charge in [-0.15, -0.1) is 0 Å². The quantitative estimate of drug-likeness (QED) is 0.580. The van der Waals surface area contributed by atoms with Gasteiger partial charge in [-0.1, -0.05) is 42.5 Å². The van der Waals surface area contributed by atoms with Gasteiger partial charge in [0.15, 0.2) is 5.78 Å². The number of rotatable bonds is 3. The second-order valence-electron chi connectivity index (χ2n) is 4.75. The van der Waals surface area contributed by atoms with Gasteiger partial charge in [-0.2, -0.15) is 0 Å². The Morgan fingerprint density at radius 2 is 1.62 bits per heavy atom. The first-order valence-corrected chi connectivity index (χ1v) is 7.41. The van der Waals surface area contributed by atoms with Crippen LogP contribution in [0.5, 0.6) is 11.5 Å². The SMILES string of the molecule is CC(=O)c1ccccc1Oc1ccc2ccccc2c1Br. The zero-order valence-corrected chi connectivity index (χ0v) is 13.1. The highest BCUT2D eigenvalue weighted by atomic mass is 79.9. The Labute approximate surface area is 131 Å². The van der Waals surface area contributed by atoms with Crippen molar-refractivity contribution in [2.45, 2.75) is 6.92 Å². The first-order valence-electron chi connectivity index (χ1n) is 6.62. The molecule has 0 fully saturated rings. The molecule has 3 heteroatoms. The van der Waals surface area contributed by atoms with Gasteiger partial charge in [0.05, 0.1) is 10.0 Å². The van der Waals surface area contributed by atoms with Crippen molar-refractivity contribution in [2.24, 2.45) is 0 Å². The van der Waals surface area contributed by atoms with Gasteiger partial charge in [-0.3, -0.25) is 4.79 Å². The number of ether oxygens (including phenoxy) is 1. The van der Waals surface area contributed by atoms with E-state index in [-0.39, 0.29) is 5.78 Å². The second-order valence-corrected chi connectivity index (χ2v) is 5.55. The van der Waals surface area contributed by atoms with Crippen LogP contribution >= 0.6 is 15.9 Å². The van der Waals surface area contributed by atoms with E-state index in [1.165, 1.54) is 6.92 Å². The first kappa shape index (κ1) is 13.8. The zero-order chi connectivity index (χ0) is 14.8. The van der Waals surface area contributed by atoms with Gasteiger partial charge in [-0.25, -0.2) is 0 Å². The van der Waals surface area contributed by atoms with E-state index in [9.17, 15) is 4.79 Å². The van der Waals surface area contributed by atoms with Crippen LogP contribution in [0.25, 0.3) is 10.8 Å². The van der Waals surface area contributed by atoms with E-state index >= 15 is 0 Å². The summed E-state index contributed by atoms with van der Waals surface area (Å²) < 4.78 is 6.83. The van der Waals surface area contributed by atoms with Crippen molar-refractivity contribution >= 4 is 32.5 Å². The molecule has 3 aromatic rings. The lowest BCUT2D eigenvalue weighted by atomic mass is 10.1. The molecule has 0 bridgehead atoms. The molecule has 0 amide bonds. The van der Waals surface area contributed by atoms with Gasteiger partial charge in [-0.05, 0) is 51.8 Å². The number of ketones is 1. The number of halogens is 1. The number of Topliss-reactive ketones (excluding diaryl/α,β-unsaturated/α-hetero) is 1. The maximum absolute atomic E-state index is 11.7. The molecule has 0 atom stereocenters. The van der Waals surface area contributed by atoms with Crippen molar-refractivity contribution in [3.63, 3.8) is 0 Å². The van der Waals surface area contributed by atoms with Crippen LogP contribution in [0.4, 0.5) is 0 Å². The minimum atomic E-state index is -0.0116. The number of carbonyl (C=O) groups excluding carboxylic acids is 1. The van der Waals surface area contributed by atoms with Crippen LogP contribution in [-0.2, 0) is 0 Å². The molecule has 0 saturated heterocycles. The molecule has 3 aromatic carbocycles. The Balaban J connectivity index is 2.07. The van der Waals surface area contributed by atoms with E-state index in [1.54, 1.807) is 12.1 Å². The summed E-state index contributed by atoms with van der Waals surface area (Å²) in [5.41, 5.74) is 0.581. The van der Waals surface area contributed by atoms with Crippen LogP contribution in [0.3, 0.4) is 0 Å². The number of carbonyl (C=O) groups is 1. The largest absolute Gasteiger partial charge is 0.455 e. The fraction of sp³-hybridized carbons (Fsp3) is 0.0556. The van der Waals surface area contributed by atoms with E-state index < -0.39 is 0 Å². The third-order valence-corrected chi connectivity index (χ3v) is 4.13. The molecule has 0 aromatic heterocycles. The summed E-state index contributed by atoms with van der Waals surface area (Å²) in [6.45, 7) is 1.54. The first-order chi connectivity index (χ1) is 10.2. The Hall–Kier alpha value is -2.13. The van der Waals surface area contributed by atoms with E-state index in [0.29, 0.717) is 17.1 Å². The Morgan fingerprint density at radius 3 is 2.43 bits per heavy atom. The molecule has 3 rings (SSSR count). The molecule has 0 heterocycles. The number of benzene rings is 3. The molecule has 21 heavy (non-hydrogen) atoms. The van der Waals surface area contributed by atoms with Gasteiger partial charge in [0, 0.05) is 0 Å². The molecule has 0 N–H and O–H groups in total. The second kappa shape index (κ2) is 5.70. The molecule has 0 unspecified atom stereocenters. The van der Waals surface area contributed by atoms with Crippen molar-refractivity contribution in [1.82, 2.24) is 0 Å². The van der Waals surface area contributed by atoms with Crippen LogP contribution in [0.2, 0.25) is 0 Å². The summed E-state index contributed by atoms with van der Waals surface area (Å²) in [7, 11) is 0. The van der Waals surface area contributed by atoms with E-state index in [4.69, 9.17) is 4.74 Å². The summed E-state index contributed by atoms with van der Waals surface area (Å²) in [4.78, 5) is 11.7. The third kappa shape index (κ3) is 2.69. The highest BCUT2D eigenvalue weighted by molar-refractivity contribution is 9.10. The Morgan fingerprint density at radius 1 is 0.905 bits per heavy atom. The summed E-state index contributed by atoms with van der Waals surface area (Å²) in [6, 6.07) is 19.2. The lowest BCUT2D eigenvalue weighted by Gasteiger charge is -2.12. The maximum Gasteiger partial charge on any atom is 0.163 e. The minimum Gasteiger partial charge on any atom is -0.455 e. The highest BCUT2D eigenvalue weighted by Gasteiger charge is 2.11. The minimum absolute atomic E-state index is 0.0116. The zero-order valence-electron chi connectivity index (χ0n) is 11.5. The lowest BCUT2D eigenvalue weighted by Crippen LogP contribution is -1.97. The number of fused-ring (bicyclic) bond motifs is 1. The average molecular weight is 341 g/mol. The molecule has 2 nitrogen and oxygen atoms in total. The summed E-state index contributed by atoms with van der Waals surface area (Å²) in [6.07, 6.45) is 0. The average Bonchev–Trinajstić information content (AvgIpc) is 2.51. The molecular formula is C18H13BrO2. The standard InChI is InChI=1S/C18H13BrO2/c1-12(20)14-7-4-5-9-16(14)21-17-11-10-13-6-2-3-8-15(13)18(17)19/h2-11H,1H3. The van der Waals surface area contributed by atoms with Crippen molar-refractivity contribution < 1.29 is 9.53 Å². The van der Waals surface area contributed by atoms with E-state index in [1.807, 2.05) is 48.5 Å². The van der Waals surface area contributed by atoms with E-state index in [0.717, 1.165) is 15.2 Å². The number of hydrogen-bond acceptors (Lipinski definition) is 2. The fourth-order valence-electron chi connectivity index (χ4n) is 2.26. The lowest BCUT2D eigenvalue weighted by molar-refractivity contribution is 0.101. The smallest absolute Gasteiger partial charge is 0.163 e. The molecule has 0 aliphatic heterocycles. The Bertz CT molecular complexity index is 824. The van der Waals surface area contributed by atoms with Crippen LogP contribution < -0.4 is 4.74 Å². The predicted molar refractivity (Wildman–Crippen MR) is 88.2 cm³/mol. The van der Waals surface area contributed by atoms with Gasteiger partial charge in [0.2, 0.25) is 0 Å². The molecule has 104 valence electrons. The third-order valence-electron chi connectivity index (χ3n) is 3.31. The molecule has 0 saturated carbocycles.